The Morgan fingerprint density at radius 2 is 2.05 bits per heavy atom. The molecule has 0 unspecified atom stereocenters. The number of anilines is 1. The van der Waals surface area contributed by atoms with Crippen LogP contribution in [0.2, 0.25) is 5.02 Å². The maximum Gasteiger partial charge on any atom is 0.416 e. The van der Waals surface area contributed by atoms with Gasteiger partial charge in [0, 0.05) is 25.4 Å². The number of carbonyl (C=O) groups excluding carboxylic acids is 1. The predicted molar refractivity (Wildman–Crippen MR) is 138 cm³/mol. The van der Waals surface area contributed by atoms with Crippen LogP contribution in [-0.4, -0.2) is 54.5 Å². The number of alkyl halides is 3. The Morgan fingerprint density at radius 3 is 2.73 bits per heavy atom. The third kappa shape index (κ3) is 4.55. The van der Waals surface area contributed by atoms with Crippen molar-refractivity contribution in [1.29, 1.82) is 0 Å². The van der Waals surface area contributed by atoms with Gasteiger partial charge in [0.05, 0.1) is 40.2 Å². The van der Waals surface area contributed by atoms with Gasteiger partial charge >= 0.3 is 6.18 Å². The van der Waals surface area contributed by atoms with E-state index in [0.717, 1.165) is 18.2 Å². The minimum atomic E-state index is -4.57. The van der Waals surface area contributed by atoms with Gasteiger partial charge in [0.2, 0.25) is 11.7 Å². The van der Waals surface area contributed by atoms with Gasteiger partial charge in [-0.15, -0.1) is 5.10 Å². The molecule has 2 N–H and O–H groups in total. The normalized spacial score (nSPS) is 16.8. The molecule has 11 nitrogen and oxygen atoms in total. The maximum absolute atomic E-state index is 13.9. The number of benzene rings is 1. The molecule has 5 heterocycles. The molecule has 0 saturated carbocycles. The zero-order valence-corrected chi connectivity index (χ0v) is 22.0. The molecule has 1 amide bonds. The Hall–Kier alpha value is -3.75. The Kier molecular flexibility index (Phi) is 6.43. The third-order valence-corrected chi connectivity index (χ3v) is 7.58. The highest BCUT2D eigenvalue weighted by Crippen LogP contribution is 2.39. The number of nitrogens with zero attached hydrogens (tertiary/aromatic N) is 6. The molecule has 40 heavy (non-hydrogen) atoms. The van der Waals surface area contributed by atoms with E-state index in [-0.39, 0.29) is 34.4 Å². The van der Waals surface area contributed by atoms with Crippen molar-refractivity contribution in [3.63, 3.8) is 0 Å². The lowest BCUT2D eigenvalue weighted by molar-refractivity contribution is -0.137. The molecule has 1 aromatic carbocycles. The van der Waals surface area contributed by atoms with Crippen LogP contribution in [0, 0.1) is 0 Å². The summed E-state index contributed by atoms with van der Waals surface area (Å²) in [4.78, 5) is 31.8. The summed E-state index contributed by atoms with van der Waals surface area (Å²) in [6.45, 7) is 1.37. The number of fused-ring (bicyclic) bond motifs is 3. The van der Waals surface area contributed by atoms with Crippen molar-refractivity contribution in [2.24, 2.45) is 7.05 Å². The minimum absolute atomic E-state index is 0.0290. The van der Waals surface area contributed by atoms with Gasteiger partial charge in [-0.25, -0.2) is 0 Å². The summed E-state index contributed by atoms with van der Waals surface area (Å²) in [5.74, 6) is -0.152. The molecular formula is C25H24ClF3N8O3. The molecule has 6 rings (SSSR count). The summed E-state index contributed by atoms with van der Waals surface area (Å²) in [6, 6.07) is 2.71. The average molecular weight is 577 g/mol. The molecule has 0 bridgehead atoms. The maximum atomic E-state index is 13.9. The topological polar surface area (TPSA) is 120 Å². The second-order valence-corrected chi connectivity index (χ2v) is 10.3. The lowest BCUT2D eigenvalue weighted by atomic mass is 9.82. The van der Waals surface area contributed by atoms with Crippen LogP contribution in [0.1, 0.15) is 29.7 Å². The Bertz CT molecular complexity index is 1690. The van der Waals surface area contributed by atoms with Crippen LogP contribution in [0.25, 0.3) is 17.2 Å². The zero-order chi connectivity index (χ0) is 28.2. The Balaban J connectivity index is 1.45. The van der Waals surface area contributed by atoms with Crippen LogP contribution >= 0.6 is 11.6 Å². The quantitative estimate of drug-likeness (QED) is 0.383. The number of nitrogens with one attached hydrogen (secondary N) is 2. The number of hydrogen-bond acceptors (Lipinski definition) is 7. The van der Waals surface area contributed by atoms with Crippen molar-refractivity contribution in [2.75, 3.05) is 25.0 Å². The number of carbonyl (C=O) groups is 1. The summed E-state index contributed by atoms with van der Waals surface area (Å²) >= 11 is 6.06. The second kappa shape index (κ2) is 9.71. The van der Waals surface area contributed by atoms with E-state index in [0.29, 0.717) is 55.8 Å². The van der Waals surface area contributed by atoms with Gasteiger partial charge in [-0.05, 0) is 44.1 Å². The van der Waals surface area contributed by atoms with Crippen molar-refractivity contribution in [3.8, 4) is 11.4 Å². The summed E-state index contributed by atoms with van der Waals surface area (Å²) < 4.78 is 49.8. The molecule has 3 aromatic heterocycles. The van der Waals surface area contributed by atoms with Crippen molar-refractivity contribution >= 4 is 29.0 Å². The van der Waals surface area contributed by atoms with Crippen molar-refractivity contribution in [3.05, 3.63) is 62.8 Å². The fourth-order valence-electron chi connectivity index (χ4n) is 5.41. The average Bonchev–Trinajstić information content (AvgIpc) is 3.54. The Labute approximate surface area is 229 Å². The first-order valence-corrected chi connectivity index (χ1v) is 13.0. The Morgan fingerprint density at radius 1 is 1.27 bits per heavy atom. The third-order valence-electron chi connectivity index (χ3n) is 7.27. The van der Waals surface area contributed by atoms with Gasteiger partial charge < -0.3 is 19.9 Å². The van der Waals surface area contributed by atoms with E-state index in [1.165, 1.54) is 4.52 Å². The number of piperidine rings is 1. The number of halogens is 4. The van der Waals surface area contributed by atoms with Crippen molar-refractivity contribution in [2.45, 2.75) is 37.6 Å². The first-order valence-electron chi connectivity index (χ1n) is 12.6. The minimum Gasteiger partial charge on any atom is -0.370 e. The number of aryl methyl sites for hydroxylation is 1. The highest BCUT2D eigenvalue weighted by Gasteiger charge is 2.43. The fourth-order valence-corrected chi connectivity index (χ4v) is 5.64. The molecule has 0 atom stereocenters. The van der Waals surface area contributed by atoms with Crippen LogP contribution in [0.3, 0.4) is 0 Å². The molecule has 0 aliphatic carbocycles. The van der Waals surface area contributed by atoms with E-state index in [2.05, 4.69) is 25.8 Å². The first kappa shape index (κ1) is 26.5. The standard InChI is InChI=1S/C25H24ClF3N8O3/c1-35-12-14(11-31-35)21-33-23-36(13-19(38)32-17-3-2-15(10-16(17)26)25(27,28)29)18-4-9-40-24(5-7-30-8-6-24)20(18)22(39)37(23)34-21/h2-3,10-12,30H,4-9,13H2,1H3,(H,32,38). The van der Waals surface area contributed by atoms with Crippen molar-refractivity contribution < 1.29 is 22.7 Å². The molecule has 2 aliphatic heterocycles. The number of amides is 1. The zero-order valence-electron chi connectivity index (χ0n) is 21.3. The summed E-state index contributed by atoms with van der Waals surface area (Å²) in [7, 11) is 1.74. The van der Waals surface area contributed by atoms with Crippen LogP contribution in [0.15, 0.2) is 35.4 Å². The second-order valence-electron chi connectivity index (χ2n) is 9.85. The predicted octanol–water partition coefficient (Wildman–Crippen LogP) is 2.75. The van der Waals surface area contributed by atoms with Gasteiger partial charge in [0.1, 0.15) is 12.1 Å². The number of hydrogen-bond donors (Lipinski definition) is 2. The van der Waals surface area contributed by atoms with E-state index in [1.54, 1.807) is 28.7 Å². The van der Waals surface area contributed by atoms with Crippen LogP contribution in [-0.2, 0) is 41.3 Å². The van der Waals surface area contributed by atoms with Crippen LogP contribution in [0.4, 0.5) is 18.9 Å². The van der Waals surface area contributed by atoms with Crippen molar-refractivity contribution in [1.82, 2.24) is 34.3 Å². The molecule has 210 valence electrons. The largest absolute Gasteiger partial charge is 0.416 e. The number of ether oxygens (including phenoxy) is 1. The summed E-state index contributed by atoms with van der Waals surface area (Å²) in [5.41, 5.74) is -0.452. The van der Waals surface area contributed by atoms with Gasteiger partial charge in [-0.3, -0.25) is 14.3 Å². The molecule has 1 fully saturated rings. The van der Waals surface area contributed by atoms with Crippen LogP contribution in [0.5, 0.6) is 0 Å². The smallest absolute Gasteiger partial charge is 0.370 e. The molecular weight excluding hydrogens is 553 g/mol. The van der Waals surface area contributed by atoms with Gasteiger partial charge in [-0.1, -0.05) is 11.6 Å². The summed E-state index contributed by atoms with van der Waals surface area (Å²) in [5, 5.41) is 14.2. The lowest BCUT2D eigenvalue weighted by Crippen LogP contribution is -2.50. The molecule has 0 radical (unpaired) electrons. The van der Waals surface area contributed by atoms with Gasteiger partial charge in [0.15, 0.2) is 5.82 Å². The number of rotatable bonds is 4. The van der Waals surface area contributed by atoms with E-state index >= 15 is 0 Å². The monoisotopic (exact) mass is 576 g/mol. The van der Waals surface area contributed by atoms with E-state index in [9.17, 15) is 22.8 Å². The van der Waals surface area contributed by atoms with E-state index in [1.807, 2.05) is 0 Å². The highest BCUT2D eigenvalue weighted by atomic mass is 35.5. The SMILES string of the molecule is Cn1cc(-c2nc3n(CC(=O)Nc4ccc(C(F)(F)F)cc4Cl)c4c(c(=O)n3n2)C2(CCNCC2)OCC4)cn1. The molecule has 2 aliphatic rings. The lowest BCUT2D eigenvalue weighted by Gasteiger charge is -2.41. The van der Waals surface area contributed by atoms with E-state index in [4.69, 9.17) is 16.3 Å². The van der Waals surface area contributed by atoms with Gasteiger partial charge in [-0.2, -0.15) is 27.8 Å². The first-order chi connectivity index (χ1) is 19.1. The summed E-state index contributed by atoms with van der Waals surface area (Å²) in [6.07, 6.45) is 0.204. The fraction of sp³-hybridized carbons (Fsp3) is 0.400. The molecule has 15 heteroatoms. The van der Waals surface area contributed by atoms with Gasteiger partial charge in [0.25, 0.3) is 5.56 Å². The molecule has 1 saturated heterocycles. The number of aromatic nitrogens is 6. The molecule has 4 aromatic rings. The highest BCUT2D eigenvalue weighted by molar-refractivity contribution is 6.33. The van der Waals surface area contributed by atoms with Crippen LogP contribution < -0.4 is 16.2 Å². The molecule has 1 spiro atoms. The van der Waals surface area contributed by atoms with E-state index < -0.39 is 23.2 Å².